The lowest BCUT2D eigenvalue weighted by Crippen LogP contribution is -2.24. The highest BCUT2D eigenvalue weighted by atomic mass is 19.1. The summed E-state index contributed by atoms with van der Waals surface area (Å²) in [5.41, 5.74) is 0.406. The first-order valence-electron chi connectivity index (χ1n) is 4.28. The predicted octanol–water partition coefficient (Wildman–Crippen LogP) is 0.608. The third-order valence-corrected chi connectivity index (χ3v) is 1.91. The van der Waals surface area contributed by atoms with Crippen LogP contribution in [0.25, 0.3) is 0 Å². The number of aromatic hydroxyl groups is 1. The summed E-state index contributed by atoms with van der Waals surface area (Å²) >= 11 is 0. The van der Waals surface area contributed by atoms with E-state index >= 15 is 0 Å². The number of esters is 1. The van der Waals surface area contributed by atoms with Crippen molar-refractivity contribution in [2.45, 2.75) is 12.5 Å². The maximum absolute atomic E-state index is 12.9. The molecule has 1 atom stereocenters. The van der Waals surface area contributed by atoms with Crippen LogP contribution in [0.3, 0.4) is 0 Å². The van der Waals surface area contributed by atoms with Gasteiger partial charge in [-0.15, -0.1) is 0 Å². The maximum atomic E-state index is 12.9. The number of rotatable bonds is 3. The van der Waals surface area contributed by atoms with Gasteiger partial charge >= 0.3 is 5.97 Å². The van der Waals surface area contributed by atoms with E-state index < -0.39 is 23.6 Å². The summed E-state index contributed by atoms with van der Waals surface area (Å²) in [7, 11) is 1.16. The number of aliphatic hydroxyl groups excluding tert-OH is 1. The number of carbonyl (C=O) groups is 1. The van der Waals surface area contributed by atoms with Gasteiger partial charge in [0, 0.05) is 6.42 Å². The van der Waals surface area contributed by atoms with Crippen LogP contribution in [0.1, 0.15) is 5.56 Å². The Hall–Kier alpha value is -1.62. The number of ether oxygens (including phenoxy) is 1. The van der Waals surface area contributed by atoms with Crippen LogP contribution in [0.5, 0.6) is 5.75 Å². The zero-order chi connectivity index (χ0) is 11.4. The number of aliphatic hydroxyl groups is 1. The van der Waals surface area contributed by atoms with Crippen molar-refractivity contribution in [3.8, 4) is 5.75 Å². The van der Waals surface area contributed by atoms with E-state index in [4.69, 9.17) is 5.11 Å². The fourth-order valence-corrected chi connectivity index (χ4v) is 1.12. The Morgan fingerprint density at radius 3 is 2.80 bits per heavy atom. The second kappa shape index (κ2) is 4.75. The van der Waals surface area contributed by atoms with Crippen LogP contribution >= 0.6 is 0 Å². The number of carbonyl (C=O) groups excluding carboxylic acids is 1. The molecule has 0 radical (unpaired) electrons. The first kappa shape index (κ1) is 11.5. The summed E-state index contributed by atoms with van der Waals surface area (Å²) in [6.45, 7) is 0. The highest BCUT2D eigenvalue weighted by molar-refractivity contribution is 5.74. The molecule has 1 aromatic rings. The number of halogens is 1. The SMILES string of the molecule is COC(=O)C(O)Cc1ccc(O)c(F)c1. The van der Waals surface area contributed by atoms with Gasteiger partial charge in [0.15, 0.2) is 17.7 Å². The molecule has 0 spiro atoms. The molecule has 0 bridgehead atoms. The van der Waals surface area contributed by atoms with Crippen molar-refractivity contribution in [3.63, 3.8) is 0 Å². The molecule has 0 aliphatic heterocycles. The monoisotopic (exact) mass is 214 g/mol. The summed E-state index contributed by atoms with van der Waals surface area (Å²) in [6, 6.07) is 3.64. The van der Waals surface area contributed by atoms with Crippen LogP contribution in [0.15, 0.2) is 18.2 Å². The highest BCUT2D eigenvalue weighted by Crippen LogP contribution is 2.17. The molecule has 0 aromatic heterocycles. The topological polar surface area (TPSA) is 66.8 Å². The van der Waals surface area contributed by atoms with E-state index in [1.54, 1.807) is 0 Å². The van der Waals surface area contributed by atoms with Gasteiger partial charge in [-0.3, -0.25) is 0 Å². The average molecular weight is 214 g/mol. The zero-order valence-electron chi connectivity index (χ0n) is 8.11. The average Bonchev–Trinajstić information content (AvgIpc) is 2.22. The Balaban J connectivity index is 2.73. The van der Waals surface area contributed by atoms with Gasteiger partial charge in [-0.1, -0.05) is 6.07 Å². The second-order valence-electron chi connectivity index (χ2n) is 3.03. The van der Waals surface area contributed by atoms with E-state index in [0.29, 0.717) is 5.56 Å². The molecule has 4 nitrogen and oxygen atoms in total. The van der Waals surface area contributed by atoms with Crippen LogP contribution in [0, 0.1) is 5.82 Å². The van der Waals surface area contributed by atoms with Crippen molar-refractivity contribution in [2.75, 3.05) is 7.11 Å². The van der Waals surface area contributed by atoms with Crippen molar-refractivity contribution >= 4 is 5.97 Å². The summed E-state index contributed by atoms with van der Waals surface area (Å²) in [6.07, 6.45) is -1.37. The number of phenolic OH excluding ortho intramolecular Hbond substituents is 1. The first-order valence-corrected chi connectivity index (χ1v) is 4.28. The number of benzene rings is 1. The highest BCUT2D eigenvalue weighted by Gasteiger charge is 2.16. The van der Waals surface area contributed by atoms with Crippen molar-refractivity contribution in [3.05, 3.63) is 29.6 Å². The number of methoxy groups -OCH3 is 1. The fraction of sp³-hybridized carbons (Fsp3) is 0.300. The van der Waals surface area contributed by atoms with Crippen molar-refractivity contribution in [1.29, 1.82) is 0 Å². The third kappa shape index (κ3) is 2.92. The first-order chi connectivity index (χ1) is 7.04. The minimum absolute atomic E-state index is 0.0517. The van der Waals surface area contributed by atoms with Crippen LogP contribution in [0.4, 0.5) is 4.39 Å². The van der Waals surface area contributed by atoms with Gasteiger partial charge in [0.05, 0.1) is 7.11 Å². The van der Waals surface area contributed by atoms with Gasteiger partial charge in [-0.2, -0.15) is 0 Å². The molecule has 0 saturated heterocycles. The molecule has 2 N–H and O–H groups in total. The molecule has 82 valence electrons. The second-order valence-corrected chi connectivity index (χ2v) is 3.03. The van der Waals surface area contributed by atoms with E-state index in [1.165, 1.54) is 6.07 Å². The quantitative estimate of drug-likeness (QED) is 0.723. The Bertz CT molecular complexity index is 364. The van der Waals surface area contributed by atoms with Crippen LogP contribution in [-0.2, 0) is 16.0 Å². The fourth-order valence-electron chi connectivity index (χ4n) is 1.12. The van der Waals surface area contributed by atoms with E-state index in [-0.39, 0.29) is 6.42 Å². The van der Waals surface area contributed by atoms with Gasteiger partial charge in [0.25, 0.3) is 0 Å². The Morgan fingerprint density at radius 2 is 2.27 bits per heavy atom. The third-order valence-electron chi connectivity index (χ3n) is 1.91. The molecule has 0 saturated carbocycles. The Labute approximate surface area is 85.9 Å². The zero-order valence-corrected chi connectivity index (χ0v) is 8.11. The largest absolute Gasteiger partial charge is 0.505 e. The predicted molar refractivity (Wildman–Crippen MR) is 49.8 cm³/mol. The molecule has 1 aromatic carbocycles. The molecule has 15 heavy (non-hydrogen) atoms. The minimum atomic E-state index is -1.32. The van der Waals surface area contributed by atoms with Gasteiger partial charge in [0.1, 0.15) is 0 Å². The van der Waals surface area contributed by atoms with Gasteiger partial charge in [0.2, 0.25) is 0 Å². The van der Waals surface area contributed by atoms with Gasteiger partial charge in [-0.25, -0.2) is 9.18 Å². The molecule has 0 aliphatic carbocycles. The molecule has 0 amide bonds. The molecule has 1 rings (SSSR count). The lowest BCUT2D eigenvalue weighted by atomic mass is 10.1. The van der Waals surface area contributed by atoms with Crippen LogP contribution in [-0.4, -0.2) is 29.4 Å². The van der Waals surface area contributed by atoms with E-state index in [9.17, 15) is 14.3 Å². The van der Waals surface area contributed by atoms with E-state index in [2.05, 4.69) is 4.74 Å². The summed E-state index contributed by atoms with van der Waals surface area (Å²) < 4.78 is 17.2. The molecule has 0 fully saturated rings. The van der Waals surface area contributed by atoms with Crippen molar-refractivity contribution in [1.82, 2.24) is 0 Å². The normalized spacial score (nSPS) is 12.2. The molecular formula is C10H11FO4. The van der Waals surface area contributed by atoms with Crippen molar-refractivity contribution < 1.29 is 24.1 Å². The number of phenols is 1. The van der Waals surface area contributed by atoms with E-state index in [0.717, 1.165) is 19.2 Å². The molecular weight excluding hydrogens is 203 g/mol. The standard InChI is InChI=1S/C10H11FO4/c1-15-10(14)9(13)5-6-2-3-8(12)7(11)4-6/h2-4,9,12-13H,5H2,1H3. The maximum Gasteiger partial charge on any atom is 0.335 e. The number of hydrogen-bond acceptors (Lipinski definition) is 4. The Kier molecular flexibility index (Phi) is 3.62. The lowest BCUT2D eigenvalue weighted by Gasteiger charge is -2.08. The van der Waals surface area contributed by atoms with E-state index in [1.807, 2.05) is 0 Å². The minimum Gasteiger partial charge on any atom is -0.505 e. The summed E-state index contributed by atoms with van der Waals surface area (Å²) in [5, 5.41) is 18.2. The van der Waals surface area contributed by atoms with Crippen LogP contribution < -0.4 is 0 Å². The summed E-state index contributed by atoms with van der Waals surface area (Å²) in [4.78, 5) is 10.9. The lowest BCUT2D eigenvalue weighted by molar-refractivity contribution is -0.150. The number of hydrogen-bond donors (Lipinski definition) is 2. The van der Waals surface area contributed by atoms with Gasteiger partial charge in [-0.05, 0) is 17.7 Å². The van der Waals surface area contributed by atoms with Crippen LogP contribution in [0.2, 0.25) is 0 Å². The molecule has 5 heteroatoms. The molecule has 1 unspecified atom stereocenters. The van der Waals surface area contributed by atoms with Crippen molar-refractivity contribution in [2.24, 2.45) is 0 Å². The Morgan fingerprint density at radius 1 is 1.60 bits per heavy atom. The summed E-state index contributed by atoms with van der Waals surface area (Å²) in [5.74, 6) is -2.03. The smallest absolute Gasteiger partial charge is 0.335 e. The molecule has 0 heterocycles. The molecule has 0 aliphatic rings. The van der Waals surface area contributed by atoms with Gasteiger partial charge < -0.3 is 14.9 Å².